The Balaban J connectivity index is 1.84. The summed E-state index contributed by atoms with van der Waals surface area (Å²) in [6.45, 7) is 0.703. The predicted octanol–water partition coefficient (Wildman–Crippen LogP) is 0.586. The monoisotopic (exact) mass is 385 g/mol. The van der Waals surface area contributed by atoms with Crippen LogP contribution in [0.1, 0.15) is 11.7 Å². The molecule has 136 valence electrons. The smallest absolute Gasteiger partial charge is 0.243 e. The zero-order chi connectivity index (χ0) is 18.2. The molecule has 0 saturated carbocycles. The van der Waals surface area contributed by atoms with Crippen LogP contribution < -0.4 is 0 Å². The van der Waals surface area contributed by atoms with Crippen LogP contribution in [0.25, 0.3) is 0 Å². The first kappa shape index (κ1) is 18.1. The third-order valence-electron chi connectivity index (χ3n) is 4.02. The molecule has 2 heterocycles. The highest BCUT2D eigenvalue weighted by molar-refractivity contribution is 7.90. The minimum absolute atomic E-state index is 0.0618. The molecule has 0 amide bonds. The number of rotatable bonds is 4. The van der Waals surface area contributed by atoms with Gasteiger partial charge in [-0.3, -0.25) is 4.68 Å². The van der Waals surface area contributed by atoms with Gasteiger partial charge >= 0.3 is 0 Å². The van der Waals surface area contributed by atoms with Crippen LogP contribution >= 0.6 is 0 Å². The topological polar surface area (TPSA) is 98.6 Å². The van der Waals surface area contributed by atoms with E-state index >= 15 is 0 Å². The lowest BCUT2D eigenvalue weighted by molar-refractivity contribution is -0.00259. The maximum atomic E-state index is 12.8. The first-order valence-electron chi connectivity index (χ1n) is 7.58. The number of hydrogen-bond donors (Lipinski definition) is 0. The van der Waals surface area contributed by atoms with E-state index in [1.807, 2.05) is 0 Å². The van der Waals surface area contributed by atoms with Crippen molar-refractivity contribution in [3.05, 3.63) is 42.2 Å². The second kappa shape index (κ2) is 6.52. The van der Waals surface area contributed by atoms with Gasteiger partial charge in [-0.05, 0) is 24.3 Å². The molecule has 2 aromatic rings. The highest BCUT2D eigenvalue weighted by Gasteiger charge is 2.32. The van der Waals surface area contributed by atoms with Gasteiger partial charge in [-0.2, -0.15) is 9.40 Å². The summed E-state index contributed by atoms with van der Waals surface area (Å²) >= 11 is 0. The number of nitrogens with zero attached hydrogens (tertiary/aromatic N) is 3. The van der Waals surface area contributed by atoms with Crippen molar-refractivity contribution in [2.45, 2.75) is 15.9 Å². The summed E-state index contributed by atoms with van der Waals surface area (Å²) in [6, 6.07) is 5.25. The van der Waals surface area contributed by atoms with Gasteiger partial charge in [0.2, 0.25) is 10.0 Å². The van der Waals surface area contributed by atoms with Crippen LogP contribution in [-0.4, -0.2) is 56.9 Å². The molecule has 0 radical (unpaired) electrons. The Morgan fingerprint density at radius 2 is 1.76 bits per heavy atom. The van der Waals surface area contributed by atoms with Crippen molar-refractivity contribution < 1.29 is 21.6 Å². The average Bonchev–Trinajstić information content (AvgIpc) is 3.01. The van der Waals surface area contributed by atoms with Gasteiger partial charge in [0.05, 0.1) is 28.7 Å². The molecular formula is C15H19N3O5S2. The maximum absolute atomic E-state index is 12.8. The van der Waals surface area contributed by atoms with Crippen LogP contribution in [-0.2, 0) is 31.6 Å². The summed E-state index contributed by atoms with van der Waals surface area (Å²) in [6.07, 6.45) is 4.15. The van der Waals surface area contributed by atoms with Gasteiger partial charge in [-0.1, -0.05) is 0 Å². The molecule has 1 aromatic carbocycles. The second-order valence-corrected chi connectivity index (χ2v) is 9.87. The van der Waals surface area contributed by atoms with Gasteiger partial charge in [0.25, 0.3) is 0 Å². The van der Waals surface area contributed by atoms with E-state index in [0.717, 1.165) is 11.8 Å². The largest absolute Gasteiger partial charge is 0.371 e. The number of sulfonamides is 1. The zero-order valence-corrected chi connectivity index (χ0v) is 15.5. The standard InChI is InChI=1S/C15H19N3O5S2/c1-17-10-12(9-16-17)15-11-18(7-8-23-15)25(21,22)14-5-3-13(4-6-14)24(2,19)20/h3-6,9-10,15H,7-8,11H2,1-2H3. The summed E-state index contributed by atoms with van der Waals surface area (Å²) in [5.74, 6) is 0. The second-order valence-electron chi connectivity index (χ2n) is 5.91. The molecule has 1 aliphatic rings. The lowest BCUT2D eigenvalue weighted by atomic mass is 10.2. The maximum Gasteiger partial charge on any atom is 0.243 e. The van der Waals surface area contributed by atoms with Crippen molar-refractivity contribution in [2.75, 3.05) is 26.0 Å². The van der Waals surface area contributed by atoms with E-state index in [0.29, 0.717) is 0 Å². The van der Waals surface area contributed by atoms with Crippen LogP contribution in [0.15, 0.2) is 46.5 Å². The first-order chi connectivity index (χ1) is 11.7. The number of aryl methyl sites for hydroxylation is 1. The van der Waals surface area contributed by atoms with Crippen molar-refractivity contribution >= 4 is 19.9 Å². The molecule has 0 N–H and O–H groups in total. The fourth-order valence-corrected chi connectivity index (χ4v) is 4.72. The molecule has 1 saturated heterocycles. The van der Waals surface area contributed by atoms with E-state index in [4.69, 9.17) is 4.74 Å². The molecule has 1 aliphatic heterocycles. The third kappa shape index (κ3) is 3.76. The van der Waals surface area contributed by atoms with E-state index in [-0.39, 0.29) is 35.6 Å². The van der Waals surface area contributed by atoms with E-state index in [2.05, 4.69) is 5.10 Å². The van der Waals surface area contributed by atoms with E-state index in [1.54, 1.807) is 24.1 Å². The van der Waals surface area contributed by atoms with Gasteiger partial charge in [-0.15, -0.1) is 0 Å². The van der Waals surface area contributed by atoms with Crippen molar-refractivity contribution in [2.24, 2.45) is 7.05 Å². The fourth-order valence-electron chi connectivity index (χ4n) is 2.66. The number of morpholine rings is 1. The van der Waals surface area contributed by atoms with Crippen LogP contribution in [0, 0.1) is 0 Å². The Labute approximate surface area is 147 Å². The van der Waals surface area contributed by atoms with E-state index < -0.39 is 19.9 Å². The number of hydrogen-bond acceptors (Lipinski definition) is 6. The van der Waals surface area contributed by atoms with Gasteiger partial charge in [0.1, 0.15) is 0 Å². The third-order valence-corrected chi connectivity index (χ3v) is 7.02. The molecule has 25 heavy (non-hydrogen) atoms. The molecule has 0 spiro atoms. The highest BCUT2D eigenvalue weighted by Crippen LogP contribution is 2.26. The Kier molecular flexibility index (Phi) is 4.71. The minimum Gasteiger partial charge on any atom is -0.371 e. The molecular weight excluding hydrogens is 366 g/mol. The summed E-state index contributed by atoms with van der Waals surface area (Å²) in [5.41, 5.74) is 0.815. The van der Waals surface area contributed by atoms with Crippen LogP contribution in [0.3, 0.4) is 0 Å². The van der Waals surface area contributed by atoms with Crippen molar-refractivity contribution in [1.82, 2.24) is 14.1 Å². The highest BCUT2D eigenvalue weighted by atomic mass is 32.2. The normalized spacial score (nSPS) is 19.8. The van der Waals surface area contributed by atoms with Crippen molar-refractivity contribution in [3.63, 3.8) is 0 Å². The molecule has 1 fully saturated rings. The van der Waals surface area contributed by atoms with Crippen LogP contribution in [0.2, 0.25) is 0 Å². The van der Waals surface area contributed by atoms with Crippen LogP contribution in [0.4, 0.5) is 0 Å². The molecule has 10 heteroatoms. The Hall–Kier alpha value is -1.75. The molecule has 0 aliphatic carbocycles. The lowest BCUT2D eigenvalue weighted by Gasteiger charge is -2.31. The predicted molar refractivity (Wildman–Crippen MR) is 90.2 cm³/mol. The Morgan fingerprint density at radius 3 is 2.32 bits per heavy atom. The lowest BCUT2D eigenvalue weighted by Crippen LogP contribution is -2.42. The van der Waals surface area contributed by atoms with E-state index in [9.17, 15) is 16.8 Å². The van der Waals surface area contributed by atoms with Crippen molar-refractivity contribution in [1.29, 1.82) is 0 Å². The van der Waals surface area contributed by atoms with Gasteiger partial charge < -0.3 is 4.74 Å². The number of aromatic nitrogens is 2. The molecule has 1 unspecified atom stereocenters. The molecule has 1 atom stereocenters. The number of benzene rings is 1. The summed E-state index contributed by atoms with van der Waals surface area (Å²) in [5, 5.41) is 4.08. The zero-order valence-electron chi connectivity index (χ0n) is 13.9. The van der Waals surface area contributed by atoms with E-state index in [1.165, 1.54) is 28.6 Å². The van der Waals surface area contributed by atoms with Gasteiger partial charge in [-0.25, -0.2) is 16.8 Å². The quantitative estimate of drug-likeness (QED) is 0.764. The Morgan fingerprint density at radius 1 is 1.12 bits per heavy atom. The molecule has 0 bridgehead atoms. The number of ether oxygens (including phenoxy) is 1. The summed E-state index contributed by atoms with van der Waals surface area (Å²) in [4.78, 5) is 0.147. The molecule has 3 rings (SSSR count). The number of sulfone groups is 1. The first-order valence-corrected chi connectivity index (χ1v) is 10.9. The minimum atomic E-state index is -3.73. The SMILES string of the molecule is Cn1cc(C2CN(S(=O)(=O)c3ccc(S(C)(=O)=O)cc3)CCO2)cn1. The van der Waals surface area contributed by atoms with Crippen molar-refractivity contribution in [3.8, 4) is 0 Å². The Bertz CT molecular complexity index is 965. The van der Waals surface area contributed by atoms with Gasteiger partial charge in [0.15, 0.2) is 9.84 Å². The van der Waals surface area contributed by atoms with Crippen LogP contribution in [0.5, 0.6) is 0 Å². The average molecular weight is 385 g/mol. The van der Waals surface area contributed by atoms with Gasteiger partial charge in [0, 0.05) is 38.2 Å². The molecule has 1 aromatic heterocycles. The summed E-state index contributed by atoms with van der Waals surface area (Å²) < 4.78 is 57.3. The molecule has 8 nitrogen and oxygen atoms in total. The summed E-state index contributed by atoms with van der Waals surface area (Å²) in [7, 11) is -5.32. The fraction of sp³-hybridized carbons (Fsp3) is 0.400.